The molecule has 1 saturated heterocycles. The highest BCUT2D eigenvalue weighted by molar-refractivity contribution is 7.13. The van der Waals surface area contributed by atoms with Crippen molar-refractivity contribution < 1.29 is 18.9 Å². The molecule has 0 saturated carbocycles. The van der Waals surface area contributed by atoms with Crippen LogP contribution in [0.25, 0.3) is 21.6 Å². The number of rotatable bonds is 5. The van der Waals surface area contributed by atoms with E-state index < -0.39 is 0 Å². The van der Waals surface area contributed by atoms with Crippen LogP contribution in [0.5, 0.6) is 5.75 Å². The second kappa shape index (κ2) is 8.21. The van der Waals surface area contributed by atoms with Crippen LogP contribution in [-0.2, 0) is 11.3 Å². The van der Waals surface area contributed by atoms with Crippen molar-refractivity contribution in [1.82, 2.24) is 20.2 Å². The van der Waals surface area contributed by atoms with Crippen LogP contribution >= 0.6 is 11.3 Å². The van der Waals surface area contributed by atoms with E-state index in [0.29, 0.717) is 44.1 Å². The van der Waals surface area contributed by atoms with Crippen molar-refractivity contribution in [2.24, 2.45) is 0 Å². The fraction of sp³-hybridized carbons (Fsp3) is 0.238. The minimum atomic E-state index is -0.0416. The van der Waals surface area contributed by atoms with Crippen LogP contribution in [0.2, 0.25) is 0 Å². The fourth-order valence-electron chi connectivity index (χ4n) is 3.21. The summed E-state index contributed by atoms with van der Waals surface area (Å²) in [6.07, 6.45) is 0. The molecule has 0 radical (unpaired) electrons. The molecule has 0 bridgehead atoms. The third kappa shape index (κ3) is 3.89. The van der Waals surface area contributed by atoms with E-state index in [9.17, 15) is 4.79 Å². The zero-order valence-corrected chi connectivity index (χ0v) is 16.8. The Bertz CT molecular complexity index is 1170. The lowest BCUT2D eigenvalue weighted by molar-refractivity contribution is 0.0299. The Morgan fingerprint density at radius 2 is 1.87 bits per heavy atom. The predicted molar refractivity (Wildman–Crippen MR) is 110 cm³/mol. The number of hydrogen-bond donors (Lipinski definition) is 0. The van der Waals surface area contributed by atoms with Crippen LogP contribution in [-0.4, -0.2) is 52.4 Å². The first-order valence-corrected chi connectivity index (χ1v) is 10.4. The van der Waals surface area contributed by atoms with Gasteiger partial charge in [-0.3, -0.25) is 4.79 Å². The van der Waals surface area contributed by atoms with Gasteiger partial charge >= 0.3 is 0 Å². The Morgan fingerprint density at radius 3 is 2.70 bits per heavy atom. The molecule has 1 aliphatic heterocycles. The molecule has 0 N–H and O–H groups in total. The quantitative estimate of drug-likeness (QED) is 0.487. The van der Waals surface area contributed by atoms with Gasteiger partial charge in [0.2, 0.25) is 0 Å². The lowest BCUT2D eigenvalue weighted by Gasteiger charge is -2.25. The molecule has 0 spiro atoms. The maximum atomic E-state index is 12.6. The summed E-state index contributed by atoms with van der Waals surface area (Å²) < 4.78 is 15.9. The number of amides is 1. The van der Waals surface area contributed by atoms with E-state index >= 15 is 0 Å². The van der Waals surface area contributed by atoms with Crippen LogP contribution < -0.4 is 4.74 Å². The molecular weight excluding hydrogens is 404 g/mol. The molecule has 0 unspecified atom stereocenters. The van der Waals surface area contributed by atoms with Crippen LogP contribution in [0, 0.1) is 0 Å². The highest BCUT2D eigenvalue weighted by atomic mass is 32.1. The van der Waals surface area contributed by atoms with E-state index in [4.69, 9.17) is 14.1 Å². The predicted octanol–water partition coefficient (Wildman–Crippen LogP) is 3.40. The first-order chi connectivity index (χ1) is 14.8. The number of benzene rings is 2. The van der Waals surface area contributed by atoms with Gasteiger partial charge in [-0.05, 0) is 52.3 Å². The molecule has 4 aromatic rings. The second-order valence-corrected chi connectivity index (χ2v) is 7.70. The van der Waals surface area contributed by atoms with Gasteiger partial charge < -0.3 is 14.4 Å². The lowest BCUT2D eigenvalue weighted by Crippen LogP contribution is -2.40. The van der Waals surface area contributed by atoms with E-state index in [1.165, 1.54) is 11.3 Å². The van der Waals surface area contributed by atoms with Gasteiger partial charge in [-0.1, -0.05) is 6.07 Å². The SMILES string of the molecule is O=C(c1csc(-c2ccc(OCc3ccc4nonc4c3)cc2)n1)N1CCOCC1. The number of carbonyl (C=O) groups excluding carboxylic acids is 1. The molecule has 1 aliphatic rings. The number of fused-ring (bicyclic) bond motifs is 1. The Hall–Kier alpha value is -3.30. The summed E-state index contributed by atoms with van der Waals surface area (Å²) in [7, 11) is 0. The molecule has 9 heteroatoms. The topological polar surface area (TPSA) is 90.6 Å². The third-order valence-corrected chi connectivity index (χ3v) is 5.74. The second-order valence-electron chi connectivity index (χ2n) is 6.84. The standard InChI is InChI=1S/C21H18N4O4S/c26-21(25-7-9-27-10-8-25)19-13-30-20(22-19)15-2-4-16(5-3-15)28-12-14-1-6-17-18(11-14)24-29-23-17/h1-6,11,13H,7-10,12H2. The highest BCUT2D eigenvalue weighted by Gasteiger charge is 2.21. The fourth-order valence-corrected chi connectivity index (χ4v) is 4.01. The smallest absolute Gasteiger partial charge is 0.273 e. The first-order valence-electron chi connectivity index (χ1n) is 9.53. The van der Waals surface area contributed by atoms with E-state index in [-0.39, 0.29) is 5.91 Å². The Labute approximate surface area is 176 Å². The van der Waals surface area contributed by atoms with Gasteiger partial charge in [0.25, 0.3) is 5.91 Å². The zero-order chi connectivity index (χ0) is 20.3. The monoisotopic (exact) mass is 422 g/mol. The van der Waals surface area contributed by atoms with Crippen molar-refractivity contribution in [1.29, 1.82) is 0 Å². The largest absolute Gasteiger partial charge is 0.489 e. The summed E-state index contributed by atoms with van der Waals surface area (Å²) in [6, 6.07) is 13.4. The van der Waals surface area contributed by atoms with Crippen molar-refractivity contribution in [3.05, 3.63) is 59.1 Å². The Kier molecular flexibility index (Phi) is 5.12. The average molecular weight is 422 g/mol. The van der Waals surface area contributed by atoms with E-state index in [1.807, 2.05) is 47.8 Å². The number of nitrogens with zero attached hydrogens (tertiary/aromatic N) is 4. The highest BCUT2D eigenvalue weighted by Crippen LogP contribution is 2.27. The van der Waals surface area contributed by atoms with Gasteiger partial charge in [0, 0.05) is 24.0 Å². The number of morpholine rings is 1. The summed E-state index contributed by atoms with van der Waals surface area (Å²) in [6.45, 7) is 2.79. The molecule has 0 atom stereocenters. The van der Waals surface area contributed by atoms with Crippen molar-refractivity contribution in [2.45, 2.75) is 6.61 Å². The van der Waals surface area contributed by atoms with Gasteiger partial charge in [0.05, 0.1) is 13.2 Å². The molecule has 152 valence electrons. The molecular formula is C21H18N4O4S. The number of thiazole rings is 1. The molecule has 30 heavy (non-hydrogen) atoms. The van der Waals surface area contributed by atoms with E-state index in [2.05, 4.69) is 15.3 Å². The van der Waals surface area contributed by atoms with Gasteiger partial charge in [0.1, 0.15) is 34.1 Å². The van der Waals surface area contributed by atoms with Gasteiger partial charge in [-0.15, -0.1) is 11.3 Å². The third-order valence-electron chi connectivity index (χ3n) is 4.85. The number of hydrogen-bond acceptors (Lipinski definition) is 8. The van der Waals surface area contributed by atoms with Crippen molar-refractivity contribution in [2.75, 3.05) is 26.3 Å². The van der Waals surface area contributed by atoms with Crippen molar-refractivity contribution >= 4 is 28.3 Å². The Morgan fingerprint density at radius 1 is 1.07 bits per heavy atom. The average Bonchev–Trinajstić information content (AvgIpc) is 3.48. The zero-order valence-electron chi connectivity index (χ0n) is 16.0. The molecule has 1 amide bonds. The summed E-state index contributed by atoms with van der Waals surface area (Å²) in [5.74, 6) is 0.707. The number of carbonyl (C=O) groups is 1. The summed E-state index contributed by atoms with van der Waals surface area (Å²) in [5, 5.41) is 10.3. The van der Waals surface area contributed by atoms with Crippen LogP contribution in [0.1, 0.15) is 16.1 Å². The van der Waals surface area contributed by atoms with E-state index in [0.717, 1.165) is 27.4 Å². The minimum Gasteiger partial charge on any atom is -0.489 e. The normalized spacial score (nSPS) is 14.2. The molecule has 5 rings (SSSR count). The molecule has 2 aromatic heterocycles. The van der Waals surface area contributed by atoms with Gasteiger partial charge in [0.15, 0.2) is 0 Å². The van der Waals surface area contributed by atoms with E-state index in [1.54, 1.807) is 4.90 Å². The molecule has 0 aliphatic carbocycles. The van der Waals surface area contributed by atoms with Gasteiger partial charge in [-0.25, -0.2) is 9.61 Å². The van der Waals surface area contributed by atoms with Gasteiger partial charge in [-0.2, -0.15) is 0 Å². The van der Waals surface area contributed by atoms with Crippen LogP contribution in [0.15, 0.2) is 52.5 Å². The summed E-state index contributed by atoms with van der Waals surface area (Å²) in [4.78, 5) is 18.9. The minimum absolute atomic E-state index is 0.0416. The maximum absolute atomic E-state index is 12.6. The molecule has 3 heterocycles. The van der Waals surface area contributed by atoms with Crippen molar-refractivity contribution in [3.8, 4) is 16.3 Å². The van der Waals surface area contributed by atoms with Crippen LogP contribution in [0.3, 0.4) is 0 Å². The number of aromatic nitrogens is 3. The number of ether oxygens (including phenoxy) is 2. The summed E-state index contributed by atoms with van der Waals surface area (Å²) >= 11 is 1.46. The van der Waals surface area contributed by atoms with Crippen LogP contribution in [0.4, 0.5) is 0 Å². The Balaban J connectivity index is 1.23. The maximum Gasteiger partial charge on any atom is 0.273 e. The first kappa shape index (κ1) is 18.7. The summed E-state index contributed by atoms with van der Waals surface area (Å²) in [5.41, 5.74) is 3.84. The molecule has 8 nitrogen and oxygen atoms in total. The molecule has 1 fully saturated rings. The molecule has 2 aromatic carbocycles. The lowest BCUT2D eigenvalue weighted by atomic mass is 10.2. The van der Waals surface area contributed by atoms with Crippen molar-refractivity contribution in [3.63, 3.8) is 0 Å².